The molecule has 1 heterocycles. The van der Waals surface area contributed by atoms with Gasteiger partial charge in [0.15, 0.2) is 0 Å². The number of phenolic OH excluding ortho intramolecular Hbond substituents is 1. The van der Waals surface area contributed by atoms with E-state index in [4.69, 9.17) is 16.3 Å². The van der Waals surface area contributed by atoms with Crippen LogP contribution in [0.1, 0.15) is 35.5 Å². The lowest BCUT2D eigenvalue weighted by Gasteiger charge is -2.26. The number of esters is 1. The Hall–Kier alpha value is -2.59. The summed E-state index contributed by atoms with van der Waals surface area (Å²) in [7, 11) is 0. The Morgan fingerprint density at radius 2 is 1.88 bits per heavy atom. The zero-order chi connectivity index (χ0) is 18.2. The fourth-order valence-corrected chi connectivity index (χ4v) is 2.99. The van der Waals surface area contributed by atoms with E-state index in [0.717, 1.165) is 16.6 Å². The molecule has 0 amide bonds. The maximum absolute atomic E-state index is 12.6. The molecule has 0 aliphatic heterocycles. The van der Waals surface area contributed by atoms with Crippen LogP contribution in [0, 0.1) is 6.92 Å². The van der Waals surface area contributed by atoms with Crippen LogP contribution < -0.4 is 0 Å². The fraction of sp³-hybridized carbons (Fsp3) is 0.200. The number of ether oxygens (including phenoxy) is 1. The first kappa shape index (κ1) is 17.2. The zero-order valence-corrected chi connectivity index (χ0v) is 15.0. The Morgan fingerprint density at radius 1 is 1.16 bits per heavy atom. The topological polar surface area (TPSA) is 59.4 Å². The number of carbonyl (C=O) groups is 1. The van der Waals surface area contributed by atoms with Gasteiger partial charge in [0.1, 0.15) is 22.1 Å². The van der Waals surface area contributed by atoms with Crippen molar-refractivity contribution < 1.29 is 14.6 Å². The molecule has 1 N–H and O–H groups in total. The lowest BCUT2D eigenvalue weighted by Crippen LogP contribution is -2.26. The lowest BCUT2D eigenvalue weighted by molar-refractivity contribution is -0.00342. The summed E-state index contributed by atoms with van der Waals surface area (Å²) in [6, 6.07) is 14.2. The number of carbonyl (C=O) groups excluding carboxylic acids is 1. The molecule has 0 fully saturated rings. The van der Waals surface area contributed by atoms with E-state index < -0.39 is 11.6 Å². The summed E-state index contributed by atoms with van der Waals surface area (Å²) in [4.78, 5) is 16.8. The van der Waals surface area contributed by atoms with E-state index in [1.165, 1.54) is 0 Å². The highest BCUT2D eigenvalue weighted by Gasteiger charge is 2.28. The molecule has 0 saturated heterocycles. The van der Waals surface area contributed by atoms with Crippen LogP contribution in [-0.2, 0) is 10.3 Å². The Kier molecular flexibility index (Phi) is 4.39. The molecule has 0 saturated carbocycles. The van der Waals surface area contributed by atoms with Crippen LogP contribution in [-0.4, -0.2) is 16.1 Å². The molecule has 128 valence electrons. The Labute approximate surface area is 151 Å². The van der Waals surface area contributed by atoms with Crippen molar-refractivity contribution in [1.29, 1.82) is 0 Å². The van der Waals surface area contributed by atoms with E-state index in [1.54, 1.807) is 38.1 Å². The summed E-state index contributed by atoms with van der Waals surface area (Å²) in [5.74, 6) is -0.679. The molecule has 3 aromatic rings. The Balaban J connectivity index is 1.95. The van der Waals surface area contributed by atoms with E-state index in [2.05, 4.69) is 4.98 Å². The second-order valence-corrected chi connectivity index (χ2v) is 6.79. The number of aromatic nitrogens is 1. The van der Waals surface area contributed by atoms with E-state index in [1.807, 2.05) is 31.2 Å². The second-order valence-electron chi connectivity index (χ2n) is 6.40. The van der Waals surface area contributed by atoms with E-state index in [9.17, 15) is 9.90 Å². The van der Waals surface area contributed by atoms with Crippen LogP contribution in [0.15, 0.2) is 48.5 Å². The number of nitrogens with zero attached hydrogens (tertiary/aromatic N) is 1. The summed E-state index contributed by atoms with van der Waals surface area (Å²) in [5, 5.41) is 12.2. The van der Waals surface area contributed by atoms with Gasteiger partial charge in [0.2, 0.25) is 0 Å². The number of aryl methyl sites for hydroxylation is 1. The van der Waals surface area contributed by atoms with Gasteiger partial charge in [-0.15, -0.1) is 0 Å². The van der Waals surface area contributed by atoms with Crippen molar-refractivity contribution in [3.8, 4) is 5.75 Å². The third kappa shape index (κ3) is 3.44. The number of rotatable bonds is 3. The van der Waals surface area contributed by atoms with Gasteiger partial charge in [-0.2, -0.15) is 0 Å². The van der Waals surface area contributed by atoms with Crippen molar-refractivity contribution >= 4 is 28.3 Å². The molecule has 5 heteroatoms. The van der Waals surface area contributed by atoms with Crippen LogP contribution in [0.2, 0.25) is 5.15 Å². The van der Waals surface area contributed by atoms with Gasteiger partial charge >= 0.3 is 5.97 Å². The van der Waals surface area contributed by atoms with E-state index in [0.29, 0.717) is 10.5 Å². The van der Waals surface area contributed by atoms with Crippen LogP contribution in [0.3, 0.4) is 0 Å². The molecule has 0 radical (unpaired) electrons. The van der Waals surface area contributed by atoms with Crippen LogP contribution >= 0.6 is 11.6 Å². The van der Waals surface area contributed by atoms with Crippen molar-refractivity contribution in [2.75, 3.05) is 0 Å². The highest BCUT2D eigenvalue weighted by Crippen LogP contribution is 2.32. The van der Waals surface area contributed by atoms with Gasteiger partial charge in [0.05, 0.1) is 0 Å². The summed E-state index contributed by atoms with van der Waals surface area (Å²) in [5.41, 5.74) is 0.675. The Bertz CT molecular complexity index is 946. The van der Waals surface area contributed by atoms with Crippen LogP contribution in [0.4, 0.5) is 0 Å². The van der Waals surface area contributed by atoms with Crippen molar-refractivity contribution in [3.05, 3.63) is 70.5 Å². The van der Waals surface area contributed by atoms with E-state index >= 15 is 0 Å². The maximum Gasteiger partial charge on any atom is 0.342 e. The van der Waals surface area contributed by atoms with Gasteiger partial charge in [-0.05, 0) is 49.9 Å². The average Bonchev–Trinajstić information content (AvgIpc) is 2.54. The number of halogens is 1. The standard InChI is InChI=1S/C20H18ClNO3/c1-12-10-14(11-17(21)22-12)20(2,3)25-19(24)16-9-8-13-6-4-5-7-15(13)18(16)23/h4-11,23H,1-3H3. The Morgan fingerprint density at radius 3 is 2.60 bits per heavy atom. The zero-order valence-electron chi connectivity index (χ0n) is 14.2. The summed E-state index contributed by atoms with van der Waals surface area (Å²) >= 11 is 6.01. The fourth-order valence-electron chi connectivity index (χ4n) is 2.74. The quantitative estimate of drug-likeness (QED) is 0.531. The van der Waals surface area contributed by atoms with Crippen molar-refractivity contribution in [2.45, 2.75) is 26.4 Å². The molecule has 3 rings (SSSR count). The van der Waals surface area contributed by atoms with Gasteiger partial charge < -0.3 is 9.84 Å². The molecular formula is C20H18ClNO3. The molecule has 1 aromatic heterocycles. The SMILES string of the molecule is Cc1cc(C(C)(C)OC(=O)c2ccc3ccccc3c2O)cc(Cl)n1. The molecule has 0 unspecified atom stereocenters. The molecule has 2 aromatic carbocycles. The summed E-state index contributed by atoms with van der Waals surface area (Å²) < 4.78 is 5.66. The van der Waals surface area contributed by atoms with Crippen molar-refractivity contribution in [2.24, 2.45) is 0 Å². The van der Waals surface area contributed by atoms with Gasteiger partial charge in [-0.3, -0.25) is 0 Å². The molecule has 0 atom stereocenters. The summed E-state index contributed by atoms with van der Waals surface area (Å²) in [6.07, 6.45) is 0. The molecule has 0 aliphatic rings. The number of fused-ring (bicyclic) bond motifs is 1. The van der Waals surface area contributed by atoms with Crippen LogP contribution in [0.25, 0.3) is 10.8 Å². The lowest BCUT2D eigenvalue weighted by atomic mass is 9.98. The smallest absolute Gasteiger partial charge is 0.342 e. The van der Waals surface area contributed by atoms with Gasteiger partial charge in [0.25, 0.3) is 0 Å². The first-order valence-electron chi connectivity index (χ1n) is 7.86. The normalized spacial score (nSPS) is 11.5. The predicted molar refractivity (Wildman–Crippen MR) is 98.0 cm³/mol. The molecule has 0 bridgehead atoms. The molecule has 0 spiro atoms. The average molecular weight is 356 g/mol. The van der Waals surface area contributed by atoms with Crippen molar-refractivity contribution in [1.82, 2.24) is 4.98 Å². The number of benzene rings is 2. The van der Waals surface area contributed by atoms with Gasteiger partial charge in [0, 0.05) is 11.1 Å². The number of pyridine rings is 1. The van der Waals surface area contributed by atoms with Gasteiger partial charge in [-0.1, -0.05) is 41.9 Å². The van der Waals surface area contributed by atoms with Crippen molar-refractivity contribution in [3.63, 3.8) is 0 Å². The minimum atomic E-state index is -0.924. The second kappa shape index (κ2) is 6.37. The number of hydrogen-bond donors (Lipinski definition) is 1. The first-order chi connectivity index (χ1) is 11.8. The molecule has 25 heavy (non-hydrogen) atoms. The largest absolute Gasteiger partial charge is 0.506 e. The predicted octanol–water partition coefficient (Wildman–Crippen LogP) is 4.99. The monoisotopic (exact) mass is 355 g/mol. The number of aromatic hydroxyl groups is 1. The molecular weight excluding hydrogens is 338 g/mol. The minimum absolute atomic E-state index is 0.0807. The third-order valence-electron chi connectivity index (χ3n) is 4.09. The van der Waals surface area contributed by atoms with Gasteiger partial charge in [-0.25, -0.2) is 9.78 Å². The minimum Gasteiger partial charge on any atom is -0.506 e. The van der Waals surface area contributed by atoms with Crippen LogP contribution in [0.5, 0.6) is 5.75 Å². The number of phenols is 1. The van der Waals surface area contributed by atoms with E-state index in [-0.39, 0.29) is 11.3 Å². The number of hydrogen-bond acceptors (Lipinski definition) is 4. The third-order valence-corrected chi connectivity index (χ3v) is 4.28. The molecule has 0 aliphatic carbocycles. The molecule has 4 nitrogen and oxygen atoms in total. The highest BCUT2D eigenvalue weighted by molar-refractivity contribution is 6.29. The summed E-state index contributed by atoms with van der Waals surface area (Å²) in [6.45, 7) is 5.37. The highest BCUT2D eigenvalue weighted by atomic mass is 35.5. The first-order valence-corrected chi connectivity index (χ1v) is 8.24. The maximum atomic E-state index is 12.6.